The molecule has 13 heavy (non-hydrogen) atoms. The Kier molecular flexibility index (Phi) is 3.03. The van der Waals surface area contributed by atoms with Crippen LogP contribution in [0, 0.1) is 9.49 Å². The van der Waals surface area contributed by atoms with Crippen LogP contribution < -0.4 is 5.32 Å². The van der Waals surface area contributed by atoms with E-state index in [9.17, 15) is 0 Å². The lowest BCUT2D eigenvalue weighted by atomic mass is 10.2. The molecule has 3 heteroatoms. The van der Waals surface area contributed by atoms with Crippen molar-refractivity contribution in [1.82, 2.24) is 0 Å². The lowest BCUT2D eigenvalue weighted by Crippen LogP contribution is -2.10. The largest absolute Gasteiger partial charge is 0.384 e. The minimum atomic E-state index is 0.759. The topological polar surface area (TPSA) is 12.0 Å². The summed E-state index contributed by atoms with van der Waals surface area (Å²) in [5, 5.41) is 3.49. The van der Waals surface area contributed by atoms with Crippen LogP contribution in [-0.4, -0.2) is 12.3 Å². The van der Waals surface area contributed by atoms with Gasteiger partial charge in [0.25, 0.3) is 0 Å². The Morgan fingerprint density at radius 1 is 1.54 bits per heavy atom. The zero-order valence-electron chi connectivity index (χ0n) is 7.51. The summed E-state index contributed by atoms with van der Waals surface area (Å²) in [5.74, 6) is 1.98. The Morgan fingerprint density at radius 3 is 3.23 bits per heavy atom. The first kappa shape index (κ1) is 9.65. The molecular formula is C10H12INS. The van der Waals surface area contributed by atoms with Crippen LogP contribution in [0.4, 0.5) is 5.69 Å². The van der Waals surface area contributed by atoms with Crippen molar-refractivity contribution in [3.8, 4) is 0 Å². The monoisotopic (exact) mass is 305 g/mol. The average Bonchev–Trinajstić information content (AvgIpc) is 2.29. The molecule has 0 fully saturated rings. The smallest absolute Gasteiger partial charge is 0.0489 e. The predicted molar refractivity (Wildman–Crippen MR) is 67.5 cm³/mol. The van der Waals surface area contributed by atoms with Crippen molar-refractivity contribution >= 4 is 40.0 Å². The average molecular weight is 305 g/mol. The van der Waals surface area contributed by atoms with Gasteiger partial charge in [-0.25, -0.2) is 0 Å². The van der Waals surface area contributed by atoms with Crippen molar-refractivity contribution in [2.45, 2.75) is 11.8 Å². The van der Waals surface area contributed by atoms with Crippen molar-refractivity contribution < 1.29 is 0 Å². The SMILES string of the molecule is CC1CNc2cc(I)ccc2SC1. The minimum Gasteiger partial charge on any atom is -0.384 e. The van der Waals surface area contributed by atoms with Crippen LogP contribution >= 0.6 is 34.4 Å². The summed E-state index contributed by atoms with van der Waals surface area (Å²) in [4.78, 5) is 1.39. The van der Waals surface area contributed by atoms with Gasteiger partial charge >= 0.3 is 0 Å². The van der Waals surface area contributed by atoms with Crippen molar-refractivity contribution in [1.29, 1.82) is 0 Å². The lowest BCUT2D eigenvalue weighted by Gasteiger charge is -2.07. The number of nitrogens with one attached hydrogen (secondary N) is 1. The number of anilines is 1. The van der Waals surface area contributed by atoms with Crippen molar-refractivity contribution in [3.63, 3.8) is 0 Å². The lowest BCUT2D eigenvalue weighted by molar-refractivity contribution is 0.705. The molecule has 0 saturated carbocycles. The van der Waals surface area contributed by atoms with E-state index < -0.39 is 0 Å². The number of hydrogen-bond acceptors (Lipinski definition) is 2. The van der Waals surface area contributed by atoms with E-state index in [1.54, 1.807) is 0 Å². The van der Waals surface area contributed by atoms with Crippen molar-refractivity contribution in [2.75, 3.05) is 17.6 Å². The first-order valence-corrected chi connectivity index (χ1v) is 6.48. The third kappa shape index (κ3) is 2.31. The van der Waals surface area contributed by atoms with Gasteiger partial charge in [-0.15, -0.1) is 11.8 Å². The molecular weight excluding hydrogens is 293 g/mol. The molecule has 1 aromatic carbocycles. The molecule has 1 unspecified atom stereocenters. The summed E-state index contributed by atoms with van der Waals surface area (Å²) in [5.41, 5.74) is 1.31. The maximum absolute atomic E-state index is 3.49. The maximum Gasteiger partial charge on any atom is 0.0489 e. The highest BCUT2D eigenvalue weighted by molar-refractivity contribution is 14.1. The summed E-state index contributed by atoms with van der Waals surface area (Å²) < 4.78 is 1.30. The Bertz CT molecular complexity index is 314. The van der Waals surface area contributed by atoms with Gasteiger partial charge in [-0.2, -0.15) is 0 Å². The number of hydrogen-bond donors (Lipinski definition) is 1. The van der Waals surface area contributed by atoms with E-state index in [4.69, 9.17) is 0 Å². The van der Waals surface area contributed by atoms with Gasteiger partial charge < -0.3 is 5.32 Å². The van der Waals surface area contributed by atoms with E-state index in [1.807, 2.05) is 11.8 Å². The third-order valence-electron chi connectivity index (χ3n) is 2.11. The van der Waals surface area contributed by atoms with Gasteiger partial charge in [0.05, 0.1) is 0 Å². The molecule has 0 saturated heterocycles. The second-order valence-corrected chi connectivity index (χ2v) is 5.75. The molecule has 0 amide bonds. The van der Waals surface area contributed by atoms with E-state index in [0.717, 1.165) is 12.5 Å². The Labute approximate surface area is 96.8 Å². The minimum absolute atomic E-state index is 0.759. The van der Waals surface area contributed by atoms with Gasteiger partial charge in [-0.1, -0.05) is 6.92 Å². The van der Waals surface area contributed by atoms with E-state index >= 15 is 0 Å². The van der Waals surface area contributed by atoms with Crippen LogP contribution in [0.25, 0.3) is 0 Å². The summed E-state index contributed by atoms with van der Waals surface area (Å²) in [6.45, 7) is 3.39. The summed E-state index contributed by atoms with van der Waals surface area (Å²) in [6.07, 6.45) is 0. The molecule has 0 bridgehead atoms. The summed E-state index contributed by atoms with van der Waals surface area (Å²) in [7, 11) is 0. The van der Waals surface area contributed by atoms with Crippen LogP contribution in [0.2, 0.25) is 0 Å². The van der Waals surface area contributed by atoms with E-state index in [-0.39, 0.29) is 0 Å². The number of benzene rings is 1. The Balaban J connectivity index is 2.30. The molecule has 0 aromatic heterocycles. The number of thioether (sulfide) groups is 1. The van der Waals surface area contributed by atoms with Gasteiger partial charge in [0, 0.05) is 26.5 Å². The molecule has 1 aromatic rings. The molecule has 1 heterocycles. The highest BCUT2D eigenvalue weighted by Gasteiger charge is 2.12. The molecule has 70 valence electrons. The van der Waals surface area contributed by atoms with Crippen LogP contribution in [0.3, 0.4) is 0 Å². The van der Waals surface area contributed by atoms with Crippen molar-refractivity contribution in [2.24, 2.45) is 5.92 Å². The van der Waals surface area contributed by atoms with Gasteiger partial charge in [0.2, 0.25) is 0 Å². The molecule has 1 nitrogen and oxygen atoms in total. The first-order chi connectivity index (χ1) is 6.25. The fourth-order valence-electron chi connectivity index (χ4n) is 1.34. The summed E-state index contributed by atoms with van der Waals surface area (Å²) in [6, 6.07) is 6.61. The zero-order chi connectivity index (χ0) is 9.26. The van der Waals surface area contributed by atoms with E-state index in [2.05, 4.69) is 53.0 Å². The standard InChI is InChI=1S/C10H12INS/c1-7-5-12-9-4-8(11)2-3-10(9)13-6-7/h2-4,7,12H,5-6H2,1H3. The van der Waals surface area contributed by atoms with Crippen LogP contribution in [0.1, 0.15) is 6.92 Å². The maximum atomic E-state index is 3.49. The fourth-order valence-corrected chi connectivity index (χ4v) is 2.87. The van der Waals surface area contributed by atoms with E-state index in [1.165, 1.54) is 19.9 Å². The zero-order valence-corrected chi connectivity index (χ0v) is 10.5. The second-order valence-electron chi connectivity index (χ2n) is 3.44. The van der Waals surface area contributed by atoms with Gasteiger partial charge in [-0.05, 0) is 46.7 Å². The Morgan fingerprint density at radius 2 is 2.38 bits per heavy atom. The molecule has 2 rings (SSSR count). The van der Waals surface area contributed by atoms with Gasteiger partial charge in [0.1, 0.15) is 0 Å². The summed E-state index contributed by atoms with van der Waals surface area (Å²) >= 11 is 4.32. The third-order valence-corrected chi connectivity index (χ3v) is 4.18. The predicted octanol–water partition coefficient (Wildman–Crippen LogP) is 3.44. The normalized spacial score (nSPS) is 21.5. The van der Waals surface area contributed by atoms with Crippen LogP contribution in [0.15, 0.2) is 23.1 Å². The first-order valence-electron chi connectivity index (χ1n) is 4.42. The molecule has 1 N–H and O–H groups in total. The van der Waals surface area contributed by atoms with Gasteiger partial charge in [-0.3, -0.25) is 0 Å². The van der Waals surface area contributed by atoms with Crippen LogP contribution in [-0.2, 0) is 0 Å². The van der Waals surface area contributed by atoms with Gasteiger partial charge in [0.15, 0.2) is 0 Å². The highest BCUT2D eigenvalue weighted by atomic mass is 127. The number of halogens is 1. The van der Waals surface area contributed by atoms with Crippen LogP contribution in [0.5, 0.6) is 0 Å². The molecule has 1 aliphatic heterocycles. The molecule has 0 spiro atoms. The highest BCUT2D eigenvalue weighted by Crippen LogP contribution is 2.32. The second kappa shape index (κ2) is 4.09. The molecule has 0 radical (unpaired) electrons. The van der Waals surface area contributed by atoms with Crippen molar-refractivity contribution in [3.05, 3.63) is 21.8 Å². The molecule has 1 aliphatic rings. The molecule has 0 aliphatic carbocycles. The quantitative estimate of drug-likeness (QED) is 0.737. The number of rotatable bonds is 0. The number of fused-ring (bicyclic) bond motifs is 1. The molecule has 1 atom stereocenters. The Hall–Kier alpha value is 0.1000. The fraction of sp³-hybridized carbons (Fsp3) is 0.400. The van der Waals surface area contributed by atoms with E-state index in [0.29, 0.717) is 0 Å².